The maximum atomic E-state index is 11.7. The molecule has 20 heavy (non-hydrogen) atoms. The molecule has 9 heteroatoms. The number of rotatable bonds is 3. The van der Waals surface area contributed by atoms with Crippen molar-refractivity contribution >= 4 is 11.6 Å². The molecule has 1 aliphatic rings. The molecular formula is C11H15N3O6. The molecule has 9 nitrogen and oxygen atoms in total. The van der Waals surface area contributed by atoms with Crippen molar-refractivity contribution in [1.29, 1.82) is 0 Å². The van der Waals surface area contributed by atoms with Gasteiger partial charge in [-0.2, -0.15) is 4.98 Å². The Balaban J connectivity index is 2.45. The molecule has 1 aromatic rings. The van der Waals surface area contributed by atoms with Gasteiger partial charge in [-0.3, -0.25) is 9.36 Å². The van der Waals surface area contributed by atoms with E-state index in [9.17, 15) is 24.9 Å². The van der Waals surface area contributed by atoms with Crippen LogP contribution < -0.4 is 11.4 Å². The lowest BCUT2D eigenvalue weighted by Crippen LogP contribution is -2.51. The van der Waals surface area contributed by atoms with Crippen LogP contribution in [0.2, 0.25) is 0 Å². The van der Waals surface area contributed by atoms with Gasteiger partial charge in [0.1, 0.15) is 18.0 Å². The number of aliphatic hydroxyl groups excluding tert-OH is 3. The number of carbonyl (C=O) groups excluding carboxylic acids is 1. The second-order valence-electron chi connectivity index (χ2n) is 4.59. The number of hydrogen-bond acceptors (Lipinski definition) is 8. The average molecular weight is 285 g/mol. The summed E-state index contributed by atoms with van der Waals surface area (Å²) < 4.78 is 6.17. The predicted octanol–water partition coefficient (Wildman–Crippen LogP) is -2.60. The molecule has 2 heterocycles. The Bertz CT molecular complexity index is 588. The fraction of sp³-hybridized carbons (Fsp3) is 0.545. The van der Waals surface area contributed by atoms with Crippen LogP contribution in [0.4, 0.5) is 5.82 Å². The summed E-state index contributed by atoms with van der Waals surface area (Å²) in [6, 6.07) is 1.30. The topological polar surface area (TPSA) is 148 Å². The molecule has 1 aromatic heterocycles. The Kier molecular flexibility index (Phi) is 3.61. The van der Waals surface area contributed by atoms with Gasteiger partial charge in [-0.05, 0) is 13.0 Å². The highest BCUT2D eigenvalue weighted by molar-refractivity contribution is 5.86. The standard InChI is InChI=1S/C11H15N3O6/c1-5(16)11(4-15)8(18)7(17)9(20-11)14-3-2-6(12)13-10(14)19/h2-3,7-9,15,17-18H,4H2,1H3,(H2,12,13,19)/t7-,8+,9-,11+/m1/s1. The van der Waals surface area contributed by atoms with Crippen LogP contribution in [-0.4, -0.2) is 55.1 Å². The van der Waals surface area contributed by atoms with E-state index in [1.807, 2.05) is 0 Å². The average Bonchev–Trinajstić information content (AvgIpc) is 2.64. The van der Waals surface area contributed by atoms with Crippen LogP contribution in [-0.2, 0) is 9.53 Å². The predicted molar refractivity (Wildman–Crippen MR) is 65.5 cm³/mol. The molecule has 110 valence electrons. The summed E-state index contributed by atoms with van der Waals surface area (Å²) >= 11 is 0. The van der Waals surface area contributed by atoms with Crippen LogP contribution in [0.3, 0.4) is 0 Å². The first kappa shape index (κ1) is 14.6. The summed E-state index contributed by atoms with van der Waals surface area (Å²) in [5.74, 6) is -0.676. The minimum atomic E-state index is -1.97. The number of aliphatic hydroxyl groups is 3. The maximum Gasteiger partial charge on any atom is 0.351 e. The molecule has 0 amide bonds. The van der Waals surface area contributed by atoms with Gasteiger partial charge in [0.15, 0.2) is 17.6 Å². The van der Waals surface area contributed by atoms with Crippen molar-refractivity contribution in [3.8, 4) is 0 Å². The van der Waals surface area contributed by atoms with Crippen molar-refractivity contribution in [2.75, 3.05) is 12.3 Å². The number of ether oxygens (including phenoxy) is 1. The molecule has 5 N–H and O–H groups in total. The minimum absolute atomic E-state index is 0.0146. The lowest BCUT2D eigenvalue weighted by atomic mass is 9.92. The normalized spacial score (nSPS) is 33.3. The largest absolute Gasteiger partial charge is 0.393 e. The third kappa shape index (κ3) is 2.00. The summed E-state index contributed by atoms with van der Waals surface area (Å²) in [6.45, 7) is 0.284. The second kappa shape index (κ2) is 4.94. The molecule has 1 aliphatic heterocycles. The number of nitrogens with two attached hydrogens (primary N) is 1. The van der Waals surface area contributed by atoms with Crippen molar-refractivity contribution < 1.29 is 24.9 Å². The van der Waals surface area contributed by atoms with E-state index in [1.165, 1.54) is 12.3 Å². The van der Waals surface area contributed by atoms with Gasteiger partial charge in [-0.15, -0.1) is 0 Å². The van der Waals surface area contributed by atoms with Gasteiger partial charge in [0.2, 0.25) is 0 Å². The molecular weight excluding hydrogens is 270 g/mol. The van der Waals surface area contributed by atoms with E-state index in [4.69, 9.17) is 10.5 Å². The molecule has 0 saturated carbocycles. The zero-order chi connectivity index (χ0) is 15.1. The monoisotopic (exact) mass is 285 g/mol. The molecule has 2 rings (SSSR count). The molecule has 1 saturated heterocycles. The molecule has 4 atom stereocenters. The van der Waals surface area contributed by atoms with Gasteiger partial charge in [0, 0.05) is 6.20 Å². The van der Waals surface area contributed by atoms with Crippen molar-refractivity contribution in [3.63, 3.8) is 0 Å². The van der Waals surface area contributed by atoms with Crippen LogP contribution in [0.1, 0.15) is 13.2 Å². The third-order valence-corrected chi connectivity index (χ3v) is 3.38. The number of carbonyl (C=O) groups is 1. The summed E-state index contributed by atoms with van der Waals surface area (Å²) in [4.78, 5) is 26.8. The van der Waals surface area contributed by atoms with Gasteiger partial charge < -0.3 is 25.8 Å². The fourth-order valence-corrected chi connectivity index (χ4v) is 2.16. The Hall–Kier alpha value is -1.81. The molecule has 0 spiro atoms. The van der Waals surface area contributed by atoms with Gasteiger partial charge in [-0.25, -0.2) is 4.79 Å². The number of nitrogen functional groups attached to an aromatic ring is 1. The van der Waals surface area contributed by atoms with E-state index in [-0.39, 0.29) is 5.82 Å². The second-order valence-corrected chi connectivity index (χ2v) is 4.59. The minimum Gasteiger partial charge on any atom is -0.393 e. The lowest BCUT2D eigenvalue weighted by molar-refractivity contribution is -0.162. The quantitative estimate of drug-likeness (QED) is 0.472. The number of anilines is 1. The molecule has 0 radical (unpaired) electrons. The zero-order valence-corrected chi connectivity index (χ0v) is 10.6. The Morgan fingerprint density at radius 1 is 1.60 bits per heavy atom. The highest BCUT2D eigenvalue weighted by Gasteiger charge is 2.57. The fourth-order valence-electron chi connectivity index (χ4n) is 2.16. The number of hydrogen-bond donors (Lipinski definition) is 4. The van der Waals surface area contributed by atoms with Gasteiger partial charge in [0.05, 0.1) is 6.61 Å². The number of ketones is 1. The van der Waals surface area contributed by atoms with Gasteiger partial charge in [0.25, 0.3) is 0 Å². The van der Waals surface area contributed by atoms with E-state index in [2.05, 4.69) is 4.98 Å². The first-order valence-electron chi connectivity index (χ1n) is 5.84. The van der Waals surface area contributed by atoms with E-state index in [0.29, 0.717) is 0 Å². The van der Waals surface area contributed by atoms with Crippen LogP contribution in [0.25, 0.3) is 0 Å². The van der Waals surface area contributed by atoms with Crippen LogP contribution in [0, 0.1) is 0 Å². The van der Waals surface area contributed by atoms with Gasteiger partial charge in [-0.1, -0.05) is 0 Å². The van der Waals surface area contributed by atoms with Crippen molar-refractivity contribution in [1.82, 2.24) is 9.55 Å². The summed E-state index contributed by atoms with van der Waals surface area (Å²) in [5, 5.41) is 29.2. The van der Waals surface area contributed by atoms with Crippen molar-refractivity contribution in [2.24, 2.45) is 0 Å². The van der Waals surface area contributed by atoms with Crippen LogP contribution in [0.5, 0.6) is 0 Å². The van der Waals surface area contributed by atoms with E-state index < -0.39 is 42.1 Å². The zero-order valence-electron chi connectivity index (χ0n) is 10.6. The molecule has 0 unspecified atom stereocenters. The Morgan fingerprint density at radius 3 is 2.70 bits per heavy atom. The number of Topliss-reactive ketones (excluding diaryl/α,β-unsaturated/α-hetero) is 1. The van der Waals surface area contributed by atoms with Crippen molar-refractivity contribution in [2.45, 2.75) is 31.0 Å². The van der Waals surface area contributed by atoms with E-state index in [0.717, 1.165) is 11.5 Å². The first-order valence-corrected chi connectivity index (χ1v) is 5.84. The van der Waals surface area contributed by atoms with E-state index >= 15 is 0 Å². The van der Waals surface area contributed by atoms with Crippen LogP contribution >= 0.6 is 0 Å². The highest BCUT2D eigenvalue weighted by Crippen LogP contribution is 2.37. The molecule has 1 fully saturated rings. The molecule has 0 bridgehead atoms. The smallest absolute Gasteiger partial charge is 0.351 e. The summed E-state index contributed by atoms with van der Waals surface area (Å²) in [6.07, 6.45) is -3.37. The maximum absolute atomic E-state index is 11.7. The van der Waals surface area contributed by atoms with Crippen LogP contribution in [0.15, 0.2) is 17.1 Å². The number of aromatic nitrogens is 2. The van der Waals surface area contributed by atoms with Crippen molar-refractivity contribution in [3.05, 3.63) is 22.7 Å². The third-order valence-electron chi connectivity index (χ3n) is 3.38. The lowest BCUT2D eigenvalue weighted by Gasteiger charge is -2.26. The highest BCUT2D eigenvalue weighted by atomic mass is 16.6. The Labute approximate surface area is 113 Å². The summed E-state index contributed by atoms with van der Waals surface area (Å²) in [7, 11) is 0. The Morgan fingerprint density at radius 2 is 2.25 bits per heavy atom. The summed E-state index contributed by atoms with van der Waals surface area (Å²) in [5.41, 5.74) is 2.57. The van der Waals surface area contributed by atoms with E-state index in [1.54, 1.807) is 0 Å². The molecule has 0 aromatic carbocycles. The SMILES string of the molecule is CC(=O)[C@]1(CO)O[C@@H](n2ccc(N)nc2=O)[C@H](O)[C@@H]1O. The molecule has 0 aliphatic carbocycles. The van der Waals surface area contributed by atoms with Gasteiger partial charge >= 0.3 is 5.69 Å². The number of nitrogens with zero attached hydrogens (tertiary/aromatic N) is 2. The first-order chi connectivity index (χ1) is 9.33.